The molecule has 0 aliphatic rings. The van der Waals surface area contributed by atoms with E-state index in [0.29, 0.717) is 16.8 Å². The summed E-state index contributed by atoms with van der Waals surface area (Å²) in [7, 11) is 0. The van der Waals surface area contributed by atoms with Gasteiger partial charge in [0, 0.05) is 17.7 Å². The maximum Gasteiger partial charge on any atom is 0.270 e. The lowest BCUT2D eigenvalue weighted by atomic mass is 10.1. The maximum atomic E-state index is 12.5. The number of ketones is 1. The predicted octanol–water partition coefficient (Wildman–Crippen LogP) is 2.15. The molecule has 0 saturated heterocycles. The third-order valence-electron chi connectivity index (χ3n) is 3.91. The summed E-state index contributed by atoms with van der Waals surface area (Å²) in [4.78, 5) is 50.8. The summed E-state index contributed by atoms with van der Waals surface area (Å²) in [6.45, 7) is 1.03. The lowest BCUT2D eigenvalue weighted by Gasteiger charge is -2.10. The van der Waals surface area contributed by atoms with Gasteiger partial charge in [-0.1, -0.05) is 12.1 Å². The SMILES string of the molecule is CC(=O)c1ccccc1NC(=O)Cn1cnc2ccc([N+](=O)[O-])cc2c1=O. The van der Waals surface area contributed by atoms with Gasteiger partial charge in [0.25, 0.3) is 11.2 Å². The molecule has 3 aromatic rings. The van der Waals surface area contributed by atoms with E-state index in [0.717, 1.165) is 10.6 Å². The molecular weight excluding hydrogens is 352 g/mol. The lowest BCUT2D eigenvalue weighted by Crippen LogP contribution is -2.28. The molecule has 1 heterocycles. The summed E-state index contributed by atoms with van der Waals surface area (Å²) in [6, 6.07) is 10.3. The number of non-ortho nitro benzene ring substituents is 1. The van der Waals surface area contributed by atoms with Gasteiger partial charge in [0.2, 0.25) is 5.91 Å². The first-order valence-corrected chi connectivity index (χ1v) is 7.90. The highest BCUT2D eigenvalue weighted by Crippen LogP contribution is 2.17. The minimum atomic E-state index is -0.610. The van der Waals surface area contributed by atoms with E-state index < -0.39 is 16.4 Å². The Kier molecular flexibility index (Phi) is 4.75. The summed E-state index contributed by atoms with van der Waals surface area (Å²) in [5, 5.41) is 13.5. The monoisotopic (exact) mass is 366 g/mol. The van der Waals surface area contributed by atoms with Crippen LogP contribution in [0.2, 0.25) is 0 Å². The Bertz CT molecular complexity index is 1140. The van der Waals surface area contributed by atoms with E-state index >= 15 is 0 Å². The second-order valence-electron chi connectivity index (χ2n) is 5.79. The van der Waals surface area contributed by atoms with Gasteiger partial charge < -0.3 is 5.32 Å². The first kappa shape index (κ1) is 17.9. The van der Waals surface area contributed by atoms with Crippen LogP contribution in [0.5, 0.6) is 0 Å². The van der Waals surface area contributed by atoms with Gasteiger partial charge in [-0.25, -0.2) is 4.98 Å². The maximum absolute atomic E-state index is 12.5. The van der Waals surface area contributed by atoms with Crippen LogP contribution in [-0.2, 0) is 11.3 Å². The van der Waals surface area contributed by atoms with E-state index in [1.807, 2.05) is 0 Å². The molecule has 0 saturated carbocycles. The number of para-hydroxylation sites is 1. The van der Waals surface area contributed by atoms with Crippen LogP contribution in [-0.4, -0.2) is 26.2 Å². The first-order chi connectivity index (χ1) is 12.9. The van der Waals surface area contributed by atoms with Crippen molar-refractivity contribution in [2.75, 3.05) is 5.32 Å². The molecule has 3 rings (SSSR count). The zero-order valence-corrected chi connectivity index (χ0v) is 14.2. The average Bonchev–Trinajstić information content (AvgIpc) is 2.64. The molecule has 1 amide bonds. The third-order valence-corrected chi connectivity index (χ3v) is 3.91. The first-order valence-electron chi connectivity index (χ1n) is 7.90. The summed E-state index contributed by atoms with van der Waals surface area (Å²) >= 11 is 0. The number of carbonyl (C=O) groups is 2. The van der Waals surface area contributed by atoms with Crippen LogP contribution in [0.25, 0.3) is 10.9 Å². The average molecular weight is 366 g/mol. The molecule has 0 radical (unpaired) electrons. The van der Waals surface area contributed by atoms with E-state index in [-0.39, 0.29) is 23.4 Å². The van der Waals surface area contributed by atoms with Crippen molar-refractivity contribution in [3.63, 3.8) is 0 Å². The van der Waals surface area contributed by atoms with Crippen molar-refractivity contribution < 1.29 is 14.5 Å². The number of carbonyl (C=O) groups excluding carboxylic acids is 2. The zero-order chi connectivity index (χ0) is 19.6. The Balaban J connectivity index is 1.89. The highest BCUT2D eigenvalue weighted by Gasteiger charge is 2.14. The minimum absolute atomic E-state index is 0.0450. The Labute approximate surface area is 152 Å². The van der Waals surface area contributed by atoms with E-state index in [2.05, 4.69) is 10.3 Å². The number of nitro groups is 1. The number of fused-ring (bicyclic) bond motifs is 1. The molecule has 0 spiro atoms. The molecular formula is C18H14N4O5. The number of amides is 1. The second kappa shape index (κ2) is 7.16. The zero-order valence-electron chi connectivity index (χ0n) is 14.2. The van der Waals surface area contributed by atoms with Crippen molar-refractivity contribution in [2.24, 2.45) is 0 Å². The molecule has 1 N–H and O–H groups in total. The number of hydrogen-bond donors (Lipinski definition) is 1. The molecule has 27 heavy (non-hydrogen) atoms. The fourth-order valence-corrected chi connectivity index (χ4v) is 2.62. The van der Waals surface area contributed by atoms with Gasteiger partial charge in [-0.15, -0.1) is 0 Å². The number of rotatable bonds is 5. The van der Waals surface area contributed by atoms with Crippen LogP contribution in [0, 0.1) is 10.1 Å². The molecule has 0 aliphatic carbocycles. The predicted molar refractivity (Wildman–Crippen MR) is 97.7 cm³/mol. The van der Waals surface area contributed by atoms with Crippen LogP contribution in [0.15, 0.2) is 53.6 Å². The van der Waals surface area contributed by atoms with Gasteiger partial charge >= 0.3 is 0 Å². The summed E-state index contributed by atoms with van der Waals surface area (Å²) < 4.78 is 1.05. The Morgan fingerprint density at radius 3 is 2.67 bits per heavy atom. The van der Waals surface area contributed by atoms with Gasteiger partial charge in [0.05, 0.1) is 27.8 Å². The Morgan fingerprint density at radius 2 is 1.96 bits per heavy atom. The largest absolute Gasteiger partial charge is 0.324 e. The number of nitro benzene ring substituents is 1. The fourth-order valence-electron chi connectivity index (χ4n) is 2.62. The number of aromatic nitrogens is 2. The summed E-state index contributed by atoms with van der Waals surface area (Å²) in [5.41, 5.74) is 0.180. The Hall–Kier alpha value is -3.88. The minimum Gasteiger partial charge on any atom is -0.324 e. The van der Waals surface area contributed by atoms with Crippen molar-refractivity contribution in [1.29, 1.82) is 0 Å². The van der Waals surface area contributed by atoms with Crippen LogP contribution in [0.1, 0.15) is 17.3 Å². The highest BCUT2D eigenvalue weighted by molar-refractivity contribution is 6.03. The van der Waals surface area contributed by atoms with Crippen LogP contribution < -0.4 is 10.9 Å². The van der Waals surface area contributed by atoms with Gasteiger partial charge in [0.15, 0.2) is 5.78 Å². The third kappa shape index (κ3) is 3.71. The molecule has 2 aromatic carbocycles. The molecule has 0 bridgehead atoms. The van der Waals surface area contributed by atoms with E-state index in [4.69, 9.17) is 0 Å². The second-order valence-corrected chi connectivity index (χ2v) is 5.79. The van der Waals surface area contributed by atoms with Crippen LogP contribution >= 0.6 is 0 Å². The number of hydrogen-bond acceptors (Lipinski definition) is 6. The van der Waals surface area contributed by atoms with Crippen LogP contribution in [0.3, 0.4) is 0 Å². The van der Waals surface area contributed by atoms with Crippen molar-refractivity contribution in [1.82, 2.24) is 9.55 Å². The summed E-state index contributed by atoms with van der Waals surface area (Å²) in [5.74, 6) is -0.736. The molecule has 1 aromatic heterocycles. The number of nitrogens with zero attached hydrogens (tertiary/aromatic N) is 3. The van der Waals surface area contributed by atoms with Crippen molar-refractivity contribution in [3.05, 3.63) is 74.8 Å². The quantitative estimate of drug-likeness (QED) is 0.419. The lowest BCUT2D eigenvalue weighted by molar-refractivity contribution is -0.384. The standard InChI is InChI=1S/C18H14N4O5/c1-11(23)13-4-2-3-5-16(13)20-17(24)9-21-10-19-15-7-6-12(22(26)27)8-14(15)18(21)25/h2-8,10H,9H2,1H3,(H,20,24). The smallest absolute Gasteiger partial charge is 0.270 e. The molecule has 136 valence electrons. The number of nitrogens with one attached hydrogen (secondary N) is 1. The van der Waals surface area contributed by atoms with Crippen LogP contribution in [0.4, 0.5) is 11.4 Å². The molecule has 0 fully saturated rings. The van der Waals surface area contributed by atoms with Gasteiger partial charge in [-0.2, -0.15) is 0 Å². The topological polar surface area (TPSA) is 124 Å². The van der Waals surface area contributed by atoms with Gasteiger partial charge in [0.1, 0.15) is 6.54 Å². The van der Waals surface area contributed by atoms with Crippen molar-refractivity contribution in [2.45, 2.75) is 13.5 Å². The number of benzene rings is 2. The molecule has 0 aliphatic heterocycles. The fraction of sp³-hybridized carbons (Fsp3) is 0.111. The Morgan fingerprint density at radius 1 is 1.22 bits per heavy atom. The normalized spacial score (nSPS) is 10.6. The van der Waals surface area contributed by atoms with E-state index in [1.165, 1.54) is 25.4 Å². The number of anilines is 1. The summed E-state index contributed by atoms with van der Waals surface area (Å²) in [6.07, 6.45) is 1.20. The molecule has 9 nitrogen and oxygen atoms in total. The van der Waals surface area contributed by atoms with Gasteiger partial charge in [-0.3, -0.25) is 29.1 Å². The van der Waals surface area contributed by atoms with E-state index in [9.17, 15) is 24.5 Å². The molecule has 9 heteroatoms. The van der Waals surface area contributed by atoms with E-state index in [1.54, 1.807) is 24.3 Å². The molecule has 0 unspecified atom stereocenters. The van der Waals surface area contributed by atoms with Crippen molar-refractivity contribution >= 4 is 34.0 Å². The van der Waals surface area contributed by atoms with Crippen molar-refractivity contribution in [3.8, 4) is 0 Å². The number of Topliss-reactive ketones (excluding diaryl/α,β-unsaturated/α-hetero) is 1. The molecule has 0 atom stereocenters. The highest BCUT2D eigenvalue weighted by atomic mass is 16.6. The van der Waals surface area contributed by atoms with Gasteiger partial charge in [-0.05, 0) is 25.1 Å².